The number of aromatic amines is 1. The van der Waals surface area contributed by atoms with Gasteiger partial charge in [0.1, 0.15) is 0 Å². The Morgan fingerprint density at radius 3 is 2.44 bits per heavy atom. The molecule has 0 unspecified atom stereocenters. The van der Waals surface area contributed by atoms with Crippen molar-refractivity contribution in [3.05, 3.63) is 35.3 Å². The van der Waals surface area contributed by atoms with Gasteiger partial charge in [0.2, 0.25) is 10.0 Å². The van der Waals surface area contributed by atoms with Crippen molar-refractivity contribution in [3.63, 3.8) is 0 Å². The summed E-state index contributed by atoms with van der Waals surface area (Å²) in [4.78, 5) is 15.8. The number of morpholine rings is 1. The third-order valence-electron chi connectivity index (χ3n) is 6.88. The first-order valence-electron chi connectivity index (χ1n) is 12.9. The summed E-state index contributed by atoms with van der Waals surface area (Å²) < 4.78 is 60.6. The SMILES string of the molecule is CS(=O)(=O)N1CCN(Cc2cc3nc(-c4cccc5[nH]ncc45)nc(N4CCOCC4)c3s2)CC1.[CH3][BiH][S](=O)(=O)O. The van der Waals surface area contributed by atoms with Gasteiger partial charge in [0, 0.05) is 61.6 Å². The minimum atomic E-state index is -3.47. The van der Waals surface area contributed by atoms with Crippen LogP contribution in [0, 0.1) is 0 Å². The predicted molar refractivity (Wildman–Crippen MR) is 162 cm³/mol. The quantitative estimate of drug-likeness (QED) is 0.214. The number of hydrogen-bond donors (Lipinski definition) is 2. The van der Waals surface area contributed by atoms with Crippen LogP contribution in [-0.4, -0.2) is 131 Å². The molecule has 2 saturated heterocycles. The molecule has 41 heavy (non-hydrogen) atoms. The predicted octanol–water partition coefficient (Wildman–Crippen LogP) is 1.42. The van der Waals surface area contributed by atoms with Gasteiger partial charge in [-0.3, -0.25) is 10.00 Å². The molecule has 0 radical (unpaired) electrons. The van der Waals surface area contributed by atoms with Crippen molar-refractivity contribution in [1.82, 2.24) is 29.4 Å². The first kappa shape index (κ1) is 30.6. The van der Waals surface area contributed by atoms with Crippen LogP contribution in [0.3, 0.4) is 0 Å². The minimum absolute atomic E-state index is 0.529. The molecule has 2 fully saturated rings. The van der Waals surface area contributed by atoms with Gasteiger partial charge in [-0.05, 0) is 12.1 Å². The summed E-state index contributed by atoms with van der Waals surface area (Å²) in [5.41, 5.74) is 2.85. The summed E-state index contributed by atoms with van der Waals surface area (Å²) in [7, 11) is -3.13. The van der Waals surface area contributed by atoms with E-state index < -0.39 is 38.7 Å². The van der Waals surface area contributed by atoms with Gasteiger partial charge in [0.05, 0.1) is 41.4 Å². The van der Waals surface area contributed by atoms with E-state index in [-0.39, 0.29) is 0 Å². The molecular weight excluding hydrogens is 787 g/mol. The fraction of sp³-hybridized carbons (Fsp3) is 0.458. The molecule has 13 nitrogen and oxygen atoms in total. The van der Waals surface area contributed by atoms with Crippen LogP contribution in [0.2, 0.25) is 4.63 Å². The summed E-state index contributed by atoms with van der Waals surface area (Å²) in [6.45, 7) is 2.75. The Hall–Kier alpha value is -1.85. The van der Waals surface area contributed by atoms with Crippen LogP contribution in [0.5, 0.6) is 0 Å². The van der Waals surface area contributed by atoms with E-state index >= 15 is 0 Å². The number of rotatable bonds is 6. The first-order valence-corrected chi connectivity index (χ1v) is 25.7. The van der Waals surface area contributed by atoms with E-state index in [9.17, 15) is 16.8 Å². The number of fused-ring (bicyclic) bond motifs is 2. The third kappa shape index (κ3) is 7.57. The van der Waals surface area contributed by atoms with Gasteiger partial charge in [0.25, 0.3) is 0 Å². The second-order valence-electron chi connectivity index (χ2n) is 9.65. The number of anilines is 1. The monoisotopic (exact) mass is 819 g/mol. The molecule has 6 rings (SSSR count). The van der Waals surface area contributed by atoms with E-state index in [1.54, 1.807) is 20.3 Å². The standard InChI is InChI=1S/C23H27N7O3S2.CH3.Bi.HO3S.H/c1-35(31,32)30-7-5-28(6-8-30)15-16-13-20-21(34-16)23(29-9-11-33-12-10-29)26-22(25-20)17-3-2-4-19-18(17)14-24-27-19;;;1-4(2)3;/h2-4,13-14H,5-12,15H2,1H3,(H,24,27);1H3;;(H,1,2,3);. The van der Waals surface area contributed by atoms with Gasteiger partial charge in [-0.25, -0.2) is 18.4 Å². The molecule has 1 aromatic carbocycles. The molecule has 0 aliphatic carbocycles. The number of hydrogen-bond acceptors (Lipinski definition) is 11. The molecule has 2 aliphatic rings. The normalized spacial score (nSPS) is 17.6. The summed E-state index contributed by atoms with van der Waals surface area (Å²) in [6.07, 6.45) is 3.10. The molecule has 0 bridgehead atoms. The average molecular weight is 820 g/mol. The van der Waals surface area contributed by atoms with E-state index in [0.29, 0.717) is 32.1 Å². The van der Waals surface area contributed by atoms with Crippen molar-refractivity contribution in [2.45, 2.75) is 11.2 Å². The molecule has 17 heteroatoms. The second-order valence-corrected chi connectivity index (χ2v) is 24.9. The number of benzene rings is 1. The number of sulfonamides is 1. The Kier molecular flexibility index (Phi) is 9.55. The molecule has 0 spiro atoms. The topological polar surface area (TPSA) is 162 Å². The maximum absolute atomic E-state index is 11.8. The zero-order valence-corrected chi connectivity index (χ0v) is 29.0. The average Bonchev–Trinajstić information content (AvgIpc) is 3.59. The van der Waals surface area contributed by atoms with Gasteiger partial charge in [-0.1, -0.05) is 12.1 Å². The molecule has 5 heterocycles. The molecule has 4 aromatic rings. The van der Waals surface area contributed by atoms with Crippen LogP contribution in [0.4, 0.5) is 5.82 Å². The Morgan fingerprint density at radius 1 is 1.07 bits per heavy atom. The van der Waals surface area contributed by atoms with Crippen LogP contribution < -0.4 is 4.90 Å². The van der Waals surface area contributed by atoms with Crippen LogP contribution in [-0.2, 0) is 28.2 Å². The number of piperazine rings is 1. The van der Waals surface area contributed by atoms with Crippen molar-refractivity contribution in [2.75, 3.05) is 63.6 Å². The van der Waals surface area contributed by atoms with E-state index in [2.05, 4.69) is 26.1 Å². The zero-order chi connectivity index (χ0) is 29.2. The molecule has 0 atom stereocenters. The van der Waals surface area contributed by atoms with Crippen molar-refractivity contribution in [1.29, 1.82) is 0 Å². The van der Waals surface area contributed by atoms with Crippen LogP contribution in [0.15, 0.2) is 30.5 Å². The molecule has 3 aromatic heterocycles. The van der Waals surface area contributed by atoms with Crippen LogP contribution in [0.25, 0.3) is 32.5 Å². The third-order valence-corrected chi connectivity index (χ3v) is 15.8. The van der Waals surface area contributed by atoms with Crippen LogP contribution in [0.1, 0.15) is 4.88 Å². The van der Waals surface area contributed by atoms with E-state index in [0.717, 1.165) is 65.2 Å². The second kappa shape index (κ2) is 12.8. The number of aromatic nitrogens is 4. The summed E-state index contributed by atoms with van der Waals surface area (Å²) in [6, 6.07) is 8.19. The molecule has 0 amide bonds. The summed E-state index contributed by atoms with van der Waals surface area (Å²) in [5.74, 6) is 1.64. The molecule has 2 aliphatic heterocycles. The summed E-state index contributed by atoms with van der Waals surface area (Å²) in [5, 5.41) is 8.23. The van der Waals surface area contributed by atoms with Gasteiger partial charge in [0.15, 0.2) is 11.6 Å². The van der Waals surface area contributed by atoms with Gasteiger partial charge in [-0.2, -0.15) is 9.40 Å². The molecule has 0 saturated carbocycles. The van der Waals surface area contributed by atoms with Crippen molar-refractivity contribution < 1.29 is 26.1 Å². The summed E-state index contributed by atoms with van der Waals surface area (Å²) >= 11 is 0.0999. The first-order chi connectivity index (χ1) is 19.5. The number of H-pyrrole nitrogens is 1. The number of nitrogens with one attached hydrogen (secondary N) is 1. The fourth-order valence-electron chi connectivity index (χ4n) is 4.75. The van der Waals surface area contributed by atoms with Crippen molar-refractivity contribution >= 4 is 76.9 Å². The maximum atomic E-state index is 11.8. The number of thiophene rings is 1. The Labute approximate surface area is 252 Å². The molecular formula is C24H32BiN7O6S3. The Balaban J connectivity index is 0.000000511. The van der Waals surface area contributed by atoms with Crippen molar-refractivity contribution in [2.24, 2.45) is 0 Å². The van der Waals surface area contributed by atoms with E-state index in [4.69, 9.17) is 19.3 Å². The number of nitrogens with zero attached hydrogens (tertiary/aromatic N) is 6. The molecule has 2 N–H and O–H groups in total. The Bertz CT molecular complexity index is 1730. The fourth-order valence-corrected chi connectivity index (χ4v) is 6.74. The Morgan fingerprint density at radius 2 is 1.78 bits per heavy atom. The van der Waals surface area contributed by atoms with E-state index in [1.165, 1.54) is 11.1 Å². The van der Waals surface area contributed by atoms with Gasteiger partial charge >= 0.3 is 46.2 Å². The van der Waals surface area contributed by atoms with Crippen LogP contribution >= 0.6 is 11.3 Å². The van der Waals surface area contributed by atoms with Crippen molar-refractivity contribution in [3.8, 4) is 11.4 Å². The number of ether oxygens (including phenoxy) is 1. The van der Waals surface area contributed by atoms with Gasteiger partial charge in [-0.15, -0.1) is 11.3 Å². The molecule has 222 valence electrons. The zero-order valence-electron chi connectivity index (χ0n) is 22.6. The van der Waals surface area contributed by atoms with Gasteiger partial charge < -0.3 is 9.64 Å². The van der Waals surface area contributed by atoms with E-state index in [1.807, 2.05) is 24.4 Å².